The molecule has 0 saturated carbocycles. The summed E-state index contributed by atoms with van der Waals surface area (Å²) in [5.41, 5.74) is 0.624. The van der Waals surface area contributed by atoms with Crippen molar-refractivity contribution in [2.45, 2.75) is 32.6 Å². The number of carbonyl (C=O) groups excluding carboxylic acids is 1. The Labute approximate surface area is 94.3 Å². The van der Waals surface area contributed by atoms with E-state index in [9.17, 15) is 4.79 Å². The van der Waals surface area contributed by atoms with Crippen molar-refractivity contribution >= 4 is 17.4 Å². The molecule has 0 atom stereocenters. The van der Waals surface area contributed by atoms with Crippen molar-refractivity contribution in [3.63, 3.8) is 0 Å². The summed E-state index contributed by atoms with van der Waals surface area (Å²) >= 11 is 1.40. The molecule has 1 aromatic rings. The third-order valence-corrected chi connectivity index (χ3v) is 3.43. The van der Waals surface area contributed by atoms with Crippen LogP contribution in [0.25, 0.3) is 0 Å². The van der Waals surface area contributed by atoms with Crippen LogP contribution in [0.2, 0.25) is 0 Å². The zero-order valence-corrected chi connectivity index (χ0v) is 9.85. The van der Waals surface area contributed by atoms with Crippen LogP contribution in [0.5, 0.6) is 0 Å². The van der Waals surface area contributed by atoms with E-state index in [-0.39, 0.29) is 5.91 Å². The summed E-state index contributed by atoms with van der Waals surface area (Å²) in [6.45, 7) is 3.78. The standard InChI is InChI=1S/C11H16N2OS/c1-9-8-10(12-15-9)11(14)13-6-4-2-3-5-7-13/h8H,2-7H2,1H3. The maximum atomic E-state index is 12.0. The second-order valence-corrected chi connectivity index (χ2v) is 5.04. The number of likely N-dealkylation sites (tertiary alicyclic amines) is 1. The summed E-state index contributed by atoms with van der Waals surface area (Å²) in [5.74, 6) is 0.112. The third kappa shape index (κ3) is 2.56. The Kier molecular flexibility index (Phi) is 3.36. The Morgan fingerprint density at radius 1 is 1.33 bits per heavy atom. The topological polar surface area (TPSA) is 33.2 Å². The highest BCUT2D eigenvalue weighted by atomic mass is 32.1. The number of rotatable bonds is 1. The van der Waals surface area contributed by atoms with Crippen molar-refractivity contribution in [3.8, 4) is 0 Å². The molecule has 1 amide bonds. The van der Waals surface area contributed by atoms with Crippen molar-refractivity contribution < 1.29 is 4.79 Å². The van der Waals surface area contributed by atoms with E-state index in [4.69, 9.17) is 0 Å². The van der Waals surface area contributed by atoms with Gasteiger partial charge >= 0.3 is 0 Å². The molecule has 0 unspecified atom stereocenters. The van der Waals surface area contributed by atoms with Gasteiger partial charge in [-0.15, -0.1) is 0 Å². The summed E-state index contributed by atoms with van der Waals surface area (Å²) in [7, 11) is 0. The molecule has 1 aliphatic heterocycles. The molecule has 15 heavy (non-hydrogen) atoms. The third-order valence-electron chi connectivity index (χ3n) is 2.74. The van der Waals surface area contributed by atoms with Gasteiger partial charge in [-0.3, -0.25) is 4.79 Å². The van der Waals surface area contributed by atoms with Gasteiger partial charge < -0.3 is 4.90 Å². The monoisotopic (exact) mass is 224 g/mol. The number of carbonyl (C=O) groups is 1. The first kappa shape index (κ1) is 10.6. The van der Waals surface area contributed by atoms with E-state index in [0.717, 1.165) is 30.8 Å². The van der Waals surface area contributed by atoms with Gasteiger partial charge in [-0.25, -0.2) is 0 Å². The molecule has 0 radical (unpaired) electrons. The highest BCUT2D eigenvalue weighted by molar-refractivity contribution is 7.05. The lowest BCUT2D eigenvalue weighted by Crippen LogP contribution is -2.31. The second-order valence-electron chi connectivity index (χ2n) is 4.03. The zero-order chi connectivity index (χ0) is 10.7. The van der Waals surface area contributed by atoms with Crippen LogP contribution in [-0.2, 0) is 0 Å². The van der Waals surface area contributed by atoms with Gasteiger partial charge in [-0.05, 0) is 37.4 Å². The molecule has 0 aliphatic carbocycles. The minimum atomic E-state index is 0.112. The van der Waals surface area contributed by atoms with Crippen molar-refractivity contribution in [1.29, 1.82) is 0 Å². The van der Waals surface area contributed by atoms with Gasteiger partial charge in [0.15, 0.2) is 0 Å². The first-order valence-electron chi connectivity index (χ1n) is 5.50. The Balaban J connectivity index is 2.06. The van der Waals surface area contributed by atoms with E-state index in [1.54, 1.807) is 0 Å². The zero-order valence-electron chi connectivity index (χ0n) is 9.03. The molecule has 1 fully saturated rings. The minimum absolute atomic E-state index is 0.112. The SMILES string of the molecule is Cc1cc(C(=O)N2CCCCCC2)ns1. The number of hydrogen-bond acceptors (Lipinski definition) is 3. The quantitative estimate of drug-likeness (QED) is 0.734. The minimum Gasteiger partial charge on any atom is -0.337 e. The largest absolute Gasteiger partial charge is 0.337 e. The lowest BCUT2D eigenvalue weighted by Gasteiger charge is -2.18. The Morgan fingerprint density at radius 2 is 2.00 bits per heavy atom. The van der Waals surface area contributed by atoms with Crippen molar-refractivity contribution in [2.24, 2.45) is 0 Å². The number of aromatic nitrogens is 1. The molecule has 2 rings (SSSR count). The molecule has 3 nitrogen and oxygen atoms in total. The maximum Gasteiger partial charge on any atom is 0.273 e. The highest BCUT2D eigenvalue weighted by Gasteiger charge is 2.19. The van der Waals surface area contributed by atoms with Gasteiger partial charge in [-0.1, -0.05) is 12.8 Å². The fourth-order valence-corrected chi connectivity index (χ4v) is 2.44. The van der Waals surface area contributed by atoms with Crippen LogP contribution < -0.4 is 0 Å². The average molecular weight is 224 g/mol. The first-order valence-corrected chi connectivity index (χ1v) is 6.27. The predicted octanol–water partition coefficient (Wildman–Crippen LogP) is 2.47. The van der Waals surface area contributed by atoms with E-state index < -0.39 is 0 Å². The van der Waals surface area contributed by atoms with Crippen LogP contribution in [0.1, 0.15) is 41.0 Å². The molecule has 82 valence electrons. The lowest BCUT2D eigenvalue weighted by molar-refractivity contribution is 0.0757. The highest BCUT2D eigenvalue weighted by Crippen LogP contribution is 2.15. The molecule has 0 aromatic carbocycles. The van der Waals surface area contributed by atoms with Crippen LogP contribution in [0.15, 0.2) is 6.07 Å². The number of nitrogens with zero attached hydrogens (tertiary/aromatic N) is 2. The van der Waals surface area contributed by atoms with Crippen LogP contribution in [0, 0.1) is 6.92 Å². The van der Waals surface area contributed by atoms with E-state index >= 15 is 0 Å². The fraction of sp³-hybridized carbons (Fsp3) is 0.636. The second kappa shape index (κ2) is 4.75. The van der Waals surface area contributed by atoms with Crippen molar-refractivity contribution in [1.82, 2.24) is 9.27 Å². The van der Waals surface area contributed by atoms with Crippen LogP contribution in [0.3, 0.4) is 0 Å². The fourth-order valence-electron chi connectivity index (χ4n) is 1.90. The summed E-state index contributed by atoms with van der Waals surface area (Å²) in [4.78, 5) is 15.1. The first-order chi connectivity index (χ1) is 7.27. The van der Waals surface area contributed by atoms with E-state index in [1.807, 2.05) is 17.9 Å². The summed E-state index contributed by atoms with van der Waals surface area (Å²) < 4.78 is 4.17. The number of hydrogen-bond donors (Lipinski definition) is 0. The van der Waals surface area contributed by atoms with Gasteiger partial charge in [0.1, 0.15) is 5.69 Å². The van der Waals surface area contributed by atoms with Gasteiger partial charge in [0, 0.05) is 18.0 Å². The molecule has 0 bridgehead atoms. The Hall–Kier alpha value is -0.900. The maximum absolute atomic E-state index is 12.0. The average Bonchev–Trinajstić information content (AvgIpc) is 2.53. The molecule has 0 N–H and O–H groups in total. The number of aryl methyl sites for hydroxylation is 1. The molecular weight excluding hydrogens is 208 g/mol. The van der Waals surface area contributed by atoms with Crippen LogP contribution in [0.4, 0.5) is 0 Å². The van der Waals surface area contributed by atoms with Crippen LogP contribution >= 0.6 is 11.5 Å². The molecule has 1 aromatic heterocycles. The molecule has 1 aliphatic rings. The summed E-state index contributed by atoms with van der Waals surface area (Å²) in [5, 5.41) is 0. The van der Waals surface area contributed by atoms with Crippen LogP contribution in [-0.4, -0.2) is 28.3 Å². The molecule has 2 heterocycles. The summed E-state index contributed by atoms with van der Waals surface area (Å²) in [6.07, 6.45) is 4.77. The lowest BCUT2D eigenvalue weighted by atomic mass is 10.2. The van der Waals surface area contributed by atoms with Gasteiger partial charge in [0.2, 0.25) is 0 Å². The van der Waals surface area contributed by atoms with Crippen molar-refractivity contribution in [2.75, 3.05) is 13.1 Å². The van der Waals surface area contributed by atoms with E-state index in [0.29, 0.717) is 5.69 Å². The molecular formula is C11H16N2OS. The van der Waals surface area contributed by atoms with E-state index in [2.05, 4.69) is 4.37 Å². The number of amides is 1. The molecule has 1 saturated heterocycles. The molecule has 0 spiro atoms. The summed E-state index contributed by atoms with van der Waals surface area (Å²) in [6, 6.07) is 1.89. The smallest absolute Gasteiger partial charge is 0.273 e. The predicted molar refractivity (Wildman–Crippen MR) is 61.2 cm³/mol. The normalized spacial score (nSPS) is 17.5. The molecule has 4 heteroatoms. The Bertz CT molecular complexity index is 340. The Morgan fingerprint density at radius 3 is 2.53 bits per heavy atom. The van der Waals surface area contributed by atoms with E-state index in [1.165, 1.54) is 24.4 Å². The van der Waals surface area contributed by atoms with Crippen molar-refractivity contribution in [3.05, 3.63) is 16.6 Å². The van der Waals surface area contributed by atoms with Gasteiger partial charge in [-0.2, -0.15) is 4.37 Å². The van der Waals surface area contributed by atoms with Gasteiger partial charge in [0.25, 0.3) is 5.91 Å². The van der Waals surface area contributed by atoms with Gasteiger partial charge in [0.05, 0.1) is 0 Å².